The molecule has 1 unspecified atom stereocenters. The summed E-state index contributed by atoms with van der Waals surface area (Å²) in [6, 6.07) is 0. The molecule has 1 saturated heterocycles. The van der Waals surface area contributed by atoms with Crippen molar-refractivity contribution in [2.45, 2.75) is 13.0 Å². The Morgan fingerprint density at radius 2 is 2.33 bits per heavy atom. The highest BCUT2D eigenvalue weighted by molar-refractivity contribution is 6.35. The largest absolute Gasteiger partial charge is 0.375 e. The van der Waals surface area contributed by atoms with Crippen molar-refractivity contribution in [1.82, 2.24) is 10.2 Å². The highest BCUT2D eigenvalue weighted by Crippen LogP contribution is 2.04. The quantitative estimate of drug-likeness (QED) is 0.538. The van der Waals surface area contributed by atoms with Gasteiger partial charge < -0.3 is 20.7 Å². The minimum Gasteiger partial charge on any atom is -0.375 e. The average molecular weight is 215 g/mol. The number of hydrogen-bond donors (Lipinski definition) is 2. The zero-order valence-corrected chi connectivity index (χ0v) is 8.86. The Labute approximate surface area is 88.7 Å². The van der Waals surface area contributed by atoms with Gasteiger partial charge in [0.15, 0.2) is 0 Å². The van der Waals surface area contributed by atoms with E-state index in [9.17, 15) is 9.59 Å². The van der Waals surface area contributed by atoms with Gasteiger partial charge in [-0.1, -0.05) is 0 Å². The summed E-state index contributed by atoms with van der Waals surface area (Å²) in [5.41, 5.74) is 5.22. The van der Waals surface area contributed by atoms with Crippen molar-refractivity contribution in [1.29, 1.82) is 0 Å². The van der Waals surface area contributed by atoms with Crippen molar-refractivity contribution in [3.05, 3.63) is 0 Å². The summed E-state index contributed by atoms with van der Waals surface area (Å²) < 4.78 is 5.27. The van der Waals surface area contributed by atoms with Crippen LogP contribution < -0.4 is 11.1 Å². The lowest BCUT2D eigenvalue weighted by Crippen LogP contribution is -2.50. The second kappa shape index (κ2) is 5.67. The number of nitrogens with two attached hydrogens (primary N) is 1. The summed E-state index contributed by atoms with van der Waals surface area (Å²) >= 11 is 0. The van der Waals surface area contributed by atoms with E-state index >= 15 is 0 Å². The van der Waals surface area contributed by atoms with Crippen LogP contribution in [0.4, 0.5) is 0 Å². The molecule has 0 aromatic heterocycles. The molecule has 1 fully saturated rings. The van der Waals surface area contributed by atoms with E-state index in [0.29, 0.717) is 32.8 Å². The van der Waals surface area contributed by atoms with Crippen LogP contribution in [-0.4, -0.2) is 55.6 Å². The zero-order valence-electron chi connectivity index (χ0n) is 8.86. The number of hydrogen-bond acceptors (Lipinski definition) is 4. The van der Waals surface area contributed by atoms with Gasteiger partial charge in [0.05, 0.1) is 12.7 Å². The van der Waals surface area contributed by atoms with Gasteiger partial charge in [-0.15, -0.1) is 0 Å². The van der Waals surface area contributed by atoms with Crippen molar-refractivity contribution in [3.63, 3.8) is 0 Å². The molecule has 0 aromatic carbocycles. The van der Waals surface area contributed by atoms with E-state index in [-0.39, 0.29) is 6.10 Å². The average Bonchev–Trinajstić information content (AvgIpc) is 2.24. The Morgan fingerprint density at radius 1 is 1.60 bits per heavy atom. The Balaban J connectivity index is 2.41. The van der Waals surface area contributed by atoms with E-state index in [4.69, 9.17) is 10.5 Å². The van der Waals surface area contributed by atoms with Gasteiger partial charge in [-0.3, -0.25) is 9.59 Å². The SMILES string of the molecule is CC1CN(C(=O)C(=O)NCCN)CCO1. The number of rotatable bonds is 2. The molecule has 0 saturated carbocycles. The van der Waals surface area contributed by atoms with Gasteiger partial charge in [-0.2, -0.15) is 0 Å². The van der Waals surface area contributed by atoms with E-state index in [1.807, 2.05) is 6.92 Å². The third-order valence-electron chi connectivity index (χ3n) is 2.15. The van der Waals surface area contributed by atoms with E-state index in [1.54, 1.807) is 0 Å². The Bertz CT molecular complexity index is 245. The first-order chi connectivity index (χ1) is 7.15. The molecule has 0 radical (unpaired) electrons. The van der Waals surface area contributed by atoms with Crippen molar-refractivity contribution in [3.8, 4) is 0 Å². The molecule has 0 aromatic rings. The molecule has 0 spiro atoms. The normalized spacial score (nSPS) is 21.2. The van der Waals surface area contributed by atoms with Gasteiger partial charge in [0, 0.05) is 26.2 Å². The fourth-order valence-electron chi connectivity index (χ4n) is 1.41. The molecule has 6 nitrogen and oxygen atoms in total. The monoisotopic (exact) mass is 215 g/mol. The molecule has 0 aliphatic carbocycles. The molecular formula is C9H17N3O3. The summed E-state index contributed by atoms with van der Waals surface area (Å²) in [7, 11) is 0. The maximum atomic E-state index is 11.6. The van der Waals surface area contributed by atoms with Crippen LogP contribution in [0.15, 0.2) is 0 Å². The van der Waals surface area contributed by atoms with Crippen molar-refractivity contribution in [2.75, 3.05) is 32.8 Å². The van der Waals surface area contributed by atoms with Crippen LogP contribution in [-0.2, 0) is 14.3 Å². The number of amides is 2. The third kappa shape index (κ3) is 3.49. The van der Waals surface area contributed by atoms with Gasteiger partial charge in [0.2, 0.25) is 0 Å². The molecule has 1 aliphatic heterocycles. The summed E-state index contributed by atoms with van der Waals surface area (Å²) in [6.45, 7) is 3.95. The Morgan fingerprint density at radius 3 is 2.93 bits per heavy atom. The zero-order chi connectivity index (χ0) is 11.3. The van der Waals surface area contributed by atoms with Crippen LogP contribution in [0.5, 0.6) is 0 Å². The van der Waals surface area contributed by atoms with E-state index in [1.165, 1.54) is 4.90 Å². The number of carbonyl (C=O) groups is 2. The van der Waals surface area contributed by atoms with Gasteiger partial charge in [-0.05, 0) is 6.92 Å². The Hall–Kier alpha value is -1.14. The first-order valence-electron chi connectivity index (χ1n) is 5.04. The number of carbonyl (C=O) groups excluding carboxylic acids is 2. The molecule has 15 heavy (non-hydrogen) atoms. The van der Waals surface area contributed by atoms with E-state index in [2.05, 4.69) is 5.32 Å². The summed E-state index contributed by atoms with van der Waals surface area (Å²) in [5, 5.41) is 2.45. The first-order valence-corrected chi connectivity index (χ1v) is 5.04. The predicted octanol–water partition coefficient (Wildman–Crippen LogP) is -1.69. The molecular weight excluding hydrogens is 198 g/mol. The lowest BCUT2D eigenvalue weighted by Gasteiger charge is -2.30. The molecule has 3 N–H and O–H groups in total. The number of ether oxygens (including phenoxy) is 1. The molecule has 1 rings (SSSR count). The van der Waals surface area contributed by atoms with E-state index < -0.39 is 11.8 Å². The molecule has 1 heterocycles. The predicted molar refractivity (Wildman–Crippen MR) is 54.1 cm³/mol. The van der Waals surface area contributed by atoms with Crippen LogP contribution in [0.2, 0.25) is 0 Å². The van der Waals surface area contributed by atoms with Gasteiger partial charge in [0.1, 0.15) is 0 Å². The highest BCUT2D eigenvalue weighted by Gasteiger charge is 2.25. The molecule has 1 atom stereocenters. The maximum Gasteiger partial charge on any atom is 0.312 e. The summed E-state index contributed by atoms with van der Waals surface area (Å²) in [6.07, 6.45) is -0.00925. The smallest absolute Gasteiger partial charge is 0.312 e. The van der Waals surface area contributed by atoms with Crippen LogP contribution in [0.1, 0.15) is 6.92 Å². The van der Waals surface area contributed by atoms with Crippen molar-refractivity contribution in [2.24, 2.45) is 5.73 Å². The second-order valence-corrected chi connectivity index (χ2v) is 3.48. The van der Waals surface area contributed by atoms with Crippen LogP contribution in [0.3, 0.4) is 0 Å². The highest BCUT2D eigenvalue weighted by atomic mass is 16.5. The Kier molecular flexibility index (Phi) is 4.51. The number of nitrogens with one attached hydrogen (secondary N) is 1. The molecule has 2 amide bonds. The van der Waals surface area contributed by atoms with E-state index in [0.717, 1.165) is 0 Å². The second-order valence-electron chi connectivity index (χ2n) is 3.48. The van der Waals surface area contributed by atoms with Crippen LogP contribution >= 0.6 is 0 Å². The lowest BCUT2D eigenvalue weighted by molar-refractivity contribution is -0.150. The minimum absolute atomic E-state index is 0.00925. The van der Waals surface area contributed by atoms with Crippen molar-refractivity contribution >= 4 is 11.8 Å². The molecule has 1 aliphatic rings. The fourth-order valence-corrected chi connectivity index (χ4v) is 1.41. The van der Waals surface area contributed by atoms with Gasteiger partial charge >= 0.3 is 11.8 Å². The number of morpholine rings is 1. The molecule has 6 heteroatoms. The number of nitrogens with zero attached hydrogens (tertiary/aromatic N) is 1. The van der Waals surface area contributed by atoms with Gasteiger partial charge in [0.25, 0.3) is 0 Å². The minimum atomic E-state index is -0.588. The van der Waals surface area contributed by atoms with Crippen molar-refractivity contribution < 1.29 is 14.3 Å². The van der Waals surface area contributed by atoms with Crippen LogP contribution in [0.25, 0.3) is 0 Å². The third-order valence-corrected chi connectivity index (χ3v) is 2.15. The summed E-state index contributed by atoms with van der Waals surface area (Å²) in [5.74, 6) is -1.09. The van der Waals surface area contributed by atoms with Gasteiger partial charge in [-0.25, -0.2) is 0 Å². The molecule has 0 bridgehead atoms. The molecule has 86 valence electrons. The van der Waals surface area contributed by atoms with Crippen LogP contribution in [0, 0.1) is 0 Å². The lowest BCUT2D eigenvalue weighted by atomic mass is 10.3. The summed E-state index contributed by atoms with van der Waals surface area (Å²) in [4.78, 5) is 24.4. The maximum absolute atomic E-state index is 11.6. The first kappa shape index (κ1) is 11.9. The standard InChI is InChI=1S/C9H17N3O3/c1-7-6-12(4-5-15-7)9(14)8(13)11-3-2-10/h7H,2-6,10H2,1H3,(H,11,13). The fraction of sp³-hybridized carbons (Fsp3) is 0.778. The topological polar surface area (TPSA) is 84.7 Å².